The fourth-order valence-corrected chi connectivity index (χ4v) is 1.81. The lowest BCUT2D eigenvalue weighted by Crippen LogP contribution is -2.21. The van der Waals surface area contributed by atoms with Gasteiger partial charge in [-0.15, -0.1) is 0 Å². The van der Waals surface area contributed by atoms with Crippen LogP contribution in [0.3, 0.4) is 0 Å². The van der Waals surface area contributed by atoms with Gasteiger partial charge in [0.1, 0.15) is 12.0 Å². The zero-order chi connectivity index (χ0) is 12.4. The van der Waals surface area contributed by atoms with Crippen molar-refractivity contribution in [3.63, 3.8) is 0 Å². The number of anilines is 1. The van der Waals surface area contributed by atoms with Gasteiger partial charge in [-0.1, -0.05) is 6.92 Å². The van der Waals surface area contributed by atoms with E-state index in [1.165, 1.54) is 19.5 Å². The van der Waals surface area contributed by atoms with Crippen LogP contribution in [0.25, 0.3) is 0 Å². The van der Waals surface area contributed by atoms with Gasteiger partial charge in [-0.3, -0.25) is 0 Å². The first-order valence-corrected chi connectivity index (χ1v) is 5.41. The molecule has 92 valence electrons. The van der Waals surface area contributed by atoms with Crippen molar-refractivity contribution < 1.29 is 13.9 Å². The number of nitrogens with zero attached hydrogens (tertiary/aromatic N) is 3. The summed E-state index contributed by atoms with van der Waals surface area (Å²) in [6, 6.07) is 0. The van der Waals surface area contributed by atoms with Gasteiger partial charge in [0.05, 0.1) is 26.0 Å². The molecule has 0 saturated carbocycles. The van der Waals surface area contributed by atoms with Crippen molar-refractivity contribution in [3.05, 3.63) is 18.1 Å². The number of carbonyl (C=O) groups is 1. The van der Waals surface area contributed by atoms with Crippen molar-refractivity contribution in [2.24, 2.45) is 5.92 Å². The first kappa shape index (κ1) is 11.8. The van der Waals surface area contributed by atoms with E-state index in [-0.39, 0.29) is 11.6 Å². The minimum Gasteiger partial charge on any atom is -0.464 e. The molecule has 0 bridgehead atoms. The van der Waals surface area contributed by atoms with E-state index in [2.05, 4.69) is 14.7 Å². The molecule has 17 heavy (non-hydrogen) atoms. The summed E-state index contributed by atoms with van der Waals surface area (Å²) in [4.78, 5) is 21.0. The molecule has 1 aromatic heterocycles. The number of methoxy groups -OCH3 is 1. The highest BCUT2D eigenvalue weighted by Gasteiger charge is 2.30. The van der Waals surface area contributed by atoms with Crippen LogP contribution in [-0.2, 0) is 4.74 Å². The monoisotopic (exact) mass is 239 g/mol. The smallest absolute Gasteiger partial charge is 0.358 e. The predicted octanol–water partition coefficient (Wildman–Crippen LogP) is 1.06. The molecule has 1 fully saturated rings. The molecule has 0 radical (unpaired) electrons. The van der Waals surface area contributed by atoms with Crippen molar-refractivity contribution in [1.82, 2.24) is 9.97 Å². The highest BCUT2D eigenvalue weighted by molar-refractivity contribution is 5.86. The Bertz CT molecular complexity index is 400. The Labute approximate surface area is 98.6 Å². The third-order valence-electron chi connectivity index (χ3n) is 2.88. The van der Waals surface area contributed by atoms with Crippen LogP contribution in [0.2, 0.25) is 0 Å². The summed E-state index contributed by atoms with van der Waals surface area (Å²) in [5.41, 5.74) is 0.153. The largest absolute Gasteiger partial charge is 0.464 e. The van der Waals surface area contributed by atoms with E-state index in [0.29, 0.717) is 18.9 Å². The van der Waals surface area contributed by atoms with E-state index < -0.39 is 12.1 Å². The second kappa shape index (κ2) is 4.65. The van der Waals surface area contributed by atoms with Gasteiger partial charge in [0, 0.05) is 12.5 Å². The Morgan fingerprint density at radius 3 is 2.71 bits per heavy atom. The van der Waals surface area contributed by atoms with Crippen molar-refractivity contribution in [2.75, 3.05) is 25.1 Å². The maximum atomic E-state index is 13.4. The number of aromatic nitrogens is 2. The molecular formula is C11H14FN3O2. The minimum atomic E-state index is -0.836. The number of esters is 1. The second-order valence-electron chi connectivity index (χ2n) is 4.15. The fraction of sp³-hybridized carbons (Fsp3) is 0.545. The lowest BCUT2D eigenvalue weighted by atomic mass is 10.1. The highest BCUT2D eigenvalue weighted by atomic mass is 19.1. The normalized spacial score (nSPS) is 23.8. The topological polar surface area (TPSA) is 55.3 Å². The zero-order valence-electron chi connectivity index (χ0n) is 9.76. The maximum Gasteiger partial charge on any atom is 0.358 e. The summed E-state index contributed by atoms with van der Waals surface area (Å²) >= 11 is 0. The number of alkyl halides is 1. The van der Waals surface area contributed by atoms with Crippen molar-refractivity contribution in [1.29, 1.82) is 0 Å². The van der Waals surface area contributed by atoms with Gasteiger partial charge in [-0.25, -0.2) is 19.2 Å². The molecule has 2 heterocycles. The first-order chi connectivity index (χ1) is 8.11. The van der Waals surface area contributed by atoms with E-state index in [1.54, 1.807) is 0 Å². The standard InChI is InChI=1S/C11H14FN3O2/c1-7-5-15(6-8(7)12)10-4-13-9(3-14-10)11(16)17-2/h3-4,7-8H,5-6H2,1-2H3. The number of carbonyl (C=O) groups excluding carboxylic acids is 1. The average Bonchev–Trinajstić information content (AvgIpc) is 2.69. The third kappa shape index (κ3) is 2.35. The van der Waals surface area contributed by atoms with Crippen LogP contribution in [0.1, 0.15) is 17.4 Å². The Balaban J connectivity index is 2.11. The van der Waals surface area contributed by atoms with Crippen LogP contribution in [0.4, 0.5) is 10.2 Å². The van der Waals surface area contributed by atoms with Crippen LogP contribution in [-0.4, -0.2) is 42.3 Å². The third-order valence-corrected chi connectivity index (χ3v) is 2.88. The minimum absolute atomic E-state index is 0.00270. The molecule has 0 spiro atoms. The van der Waals surface area contributed by atoms with Gasteiger partial charge in [-0.2, -0.15) is 0 Å². The van der Waals surface area contributed by atoms with Crippen LogP contribution < -0.4 is 4.90 Å². The van der Waals surface area contributed by atoms with E-state index in [1.807, 2.05) is 11.8 Å². The van der Waals surface area contributed by atoms with Gasteiger partial charge >= 0.3 is 5.97 Å². The molecule has 2 atom stereocenters. The van der Waals surface area contributed by atoms with Gasteiger partial charge in [0.15, 0.2) is 5.69 Å². The fourth-order valence-electron chi connectivity index (χ4n) is 1.81. The van der Waals surface area contributed by atoms with Crippen LogP contribution >= 0.6 is 0 Å². The molecular weight excluding hydrogens is 225 g/mol. The van der Waals surface area contributed by atoms with Gasteiger partial charge < -0.3 is 9.64 Å². The average molecular weight is 239 g/mol. The van der Waals surface area contributed by atoms with Crippen LogP contribution in [0.5, 0.6) is 0 Å². The molecule has 1 aliphatic heterocycles. The van der Waals surface area contributed by atoms with E-state index in [9.17, 15) is 9.18 Å². The lowest BCUT2D eigenvalue weighted by molar-refractivity contribution is 0.0593. The maximum absolute atomic E-state index is 13.4. The lowest BCUT2D eigenvalue weighted by Gasteiger charge is -2.15. The summed E-state index contributed by atoms with van der Waals surface area (Å²) in [6.07, 6.45) is 1.98. The number of rotatable bonds is 2. The van der Waals surface area contributed by atoms with E-state index >= 15 is 0 Å². The molecule has 0 N–H and O–H groups in total. The molecule has 1 saturated heterocycles. The van der Waals surface area contributed by atoms with E-state index in [4.69, 9.17) is 0 Å². The molecule has 2 rings (SSSR count). The molecule has 0 amide bonds. The summed E-state index contributed by atoms with van der Waals surface area (Å²) in [5, 5.41) is 0. The van der Waals surface area contributed by atoms with Gasteiger partial charge in [0.25, 0.3) is 0 Å². The van der Waals surface area contributed by atoms with Crippen molar-refractivity contribution in [3.8, 4) is 0 Å². The molecule has 0 aliphatic carbocycles. The Morgan fingerprint density at radius 1 is 1.47 bits per heavy atom. The molecule has 2 unspecified atom stereocenters. The molecule has 1 aromatic rings. The van der Waals surface area contributed by atoms with Gasteiger partial charge in [0.2, 0.25) is 0 Å². The van der Waals surface area contributed by atoms with Crippen molar-refractivity contribution in [2.45, 2.75) is 13.1 Å². The molecule has 1 aliphatic rings. The van der Waals surface area contributed by atoms with Crippen LogP contribution in [0.15, 0.2) is 12.4 Å². The number of ether oxygens (including phenoxy) is 1. The summed E-state index contributed by atoms with van der Waals surface area (Å²) in [5.74, 6) is 0.0592. The summed E-state index contributed by atoms with van der Waals surface area (Å²) in [6.45, 7) is 2.81. The SMILES string of the molecule is COC(=O)c1cnc(N2CC(C)C(F)C2)cn1. The van der Waals surface area contributed by atoms with Crippen molar-refractivity contribution >= 4 is 11.8 Å². The summed E-state index contributed by atoms with van der Waals surface area (Å²) < 4.78 is 17.9. The van der Waals surface area contributed by atoms with Crippen LogP contribution in [0, 0.1) is 5.92 Å². The predicted molar refractivity (Wildman–Crippen MR) is 59.6 cm³/mol. The highest BCUT2D eigenvalue weighted by Crippen LogP contribution is 2.23. The zero-order valence-corrected chi connectivity index (χ0v) is 9.76. The quantitative estimate of drug-likeness (QED) is 0.722. The Hall–Kier alpha value is -1.72. The number of hydrogen-bond acceptors (Lipinski definition) is 5. The number of halogens is 1. The molecule has 6 heteroatoms. The second-order valence-corrected chi connectivity index (χ2v) is 4.15. The number of hydrogen-bond donors (Lipinski definition) is 0. The van der Waals surface area contributed by atoms with Gasteiger partial charge in [-0.05, 0) is 0 Å². The first-order valence-electron chi connectivity index (χ1n) is 5.41. The molecule has 5 nitrogen and oxygen atoms in total. The molecule has 0 aromatic carbocycles. The summed E-state index contributed by atoms with van der Waals surface area (Å²) in [7, 11) is 1.29. The van der Waals surface area contributed by atoms with E-state index in [0.717, 1.165) is 0 Å². The Kier molecular flexibility index (Phi) is 3.21. The Morgan fingerprint density at radius 2 is 2.24 bits per heavy atom.